The average molecular weight is 721 g/mol. The summed E-state index contributed by atoms with van der Waals surface area (Å²) < 4.78 is 11.5. The van der Waals surface area contributed by atoms with Crippen LogP contribution in [0.15, 0.2) is 0 Å². The van der Waals surface area contributed by atoms with Crippen molar-refractivity contribution >= 4 is 11.9 Å². The van der Waals surface area contributed by atoms with Crippen LogP contribution >= 0.6 is 0 Å². The number of rotatable bonds is 36. The van der Waals surface area contributed by atoms with Gasteiger partial charge in [0.05, 0.1) is 13.7 Å². The molecular weight excluding hydrogens is 642 g/mol. The maximum absolute atomic E-state index is 12.2. The van der Waals surface area contributed by atoms with E-state index in [0.717, 1.165) is 25.7 Å². The van der Waals surface area contributed by atoms with E-state index in [1.54, 1.807) is 0 Å². The van der Waals surface area contributed by atoms with Crippen molar-refractivity contribution in [1.29, 1.82) is 0 Å². The molecule has 0 aromatic carbocycles. The van der Waals surface area contributed by atoms with Gasteiger partial charge in [-0.15, -0.1) is 0 Å². The van der Waals surface area contributed by atoms with Crippen molar-refractivity contribution in [3.63, 3.8) is 0 Å². The number of likely N-dealkylation sites (N-methyl/N-ethyl adjacent to an activating group) is 1. The highest BCUT2D eigenvalue weighted by Gasteiger charge is 2.22. The first-order valence-corrected chi connectivity index (χ1v) is 19.7. The SMILES string of the molecule is CCCCCCCCCCCCCCCC(=O)OCC[N+](C)(CCO)CCOC(=O)CCCCCCCCCCCCCCC.[Br-]. The van der Waals surface area contributed by atoms with Crippen molar-refractivity contribution in [1.82, 2.24) is 0 Å². The third-order valence-electron chi connectivity index (χ3n) is 9.40. The van der Waals surface area contributed by atoms with Crippen LogP contribution in [-0.4, -0.2) is 68.0 Å². The smallest absolute Gasteiger partial charge is 0.305 e. The summed E-state index contributed by atoms with van der Waals surface area (Å²) in [6.07, 6.45) is 34.5. The quantitative estimate of drug-likeness (QED) is 0.0413. The van der Waals surface area contributed by atoms with Crippen molar-refractivity contribution in [2.24, 2.45) is 0 Å². The Hall–Kier alpha value is -0.660. The first-order chi connectivity index (χ1) is 22.0. The average Bonchev–Trinajstić information content (AvgIpc) is 3.02. The molecule has 0 unspecified atom stereocenters. The standard InChI is InChI=1S/C39H78NO5.BrH/c1-4-6-8-10-12-14-16-18-20-22-24-26-28-30-38(42)44-36-33-40(3,32-35-41)34-37-45-39(43)31-29-27-25-23-21-19-17-15-13-11-9-7-5-2;/h41H,4-37H2,1-3H3;1H/q+1;/p-1. The van der Waals surface area contributed by atoms with Crippen LogP contribution in [0.5, 0.6) is 0 Å². The van der Waals surface area contributed by atoms with Gasteiger partial charge in [-0.05, 0) is 12.8 Å². The van der Waals surface area contributed by atoms with E-state index in [2.05, 4.69) is 13.8 Å². The van der Waals surface area contributed by atoms with Gasteiger partial charge in [-0.2, -0.15) is 0 Å². The number of nitrogens with zero attached hydrogens (tertiary/aromatic N) is 1. The third kappa shape index (κ3) is 34.7. The molecule has 0 amide bonds. The largest absolute Gasteiger partial charge is 1.00 e. The van der Waals surface area contributed by atoms with E-state index >= 15 is 0 Å². The molecular formula is C39H78BrNO5. The lowest BCUT2D eigenvalue weighted by molar-refractivity contribution is -0.910. The molecule has 6 nitrogen and oxygen atoms in total. The Morgan fingerprint density at radius 2 is 0.717 bits per heavy atom. The maximum Gasteiger partial charge on any atom is 0.305 e. The Kier molecular flexibility index (Phi) is 38.3. The third-order valence-corrected chi connectivity index (χ3v) is 9.40. The van der Waals surface area contributed by atoms with Crippen LogP contribution in [0.3, 0.4) is 0 Å². The molecule has 0 heterocycles. The Bertz CT molecular complexity index is 600. The second kappa shape index (κ2) is 37.2. The molecule has 276 valence electrons. The molecule has 0 atom stereocenters. The molecule has 7 heteroatoms. The highest BCUT2D eigenvalue weighted by atomic mass is 79.9. The summed E-state index contributed by atoms with van der Waals surface area (Å²) >= 11 is 0. The molecule has 0 aliphatic rings. The molecule has 0 saturated carbocycles. The molecule has 46 heavy (non-hydrogen) atoms. The van der Waals surface area contributed by atoms with Gasteiger partial charge in [0.25, 0.3) is 0 Å². The number of hydrogen-bond acceptors (Lipinski definition) is 5. The summed E-state index contributed by atoms with van der Waals surface area (Å²) in [5.41, 5.74) is 0. The van der Waals surface area contributed by atoms with Gasteiger partial charge in [-0.3, -0.25) is 9.59 Å². The number of quaternary nitrogens is 1. The molecule has 0 fully saturated rings. The fraction of sp³-hybridized carbons (Fsp3) is 0.949. The molecule has 0 aliphatic carbocycles. The number of esters is 2. The van der Waals surface area contributed by atoms with Crippen LogP contribution in [0.2, 0.25) is 0 Å². The fourth-order valence-electron chi connectivity index (χ4n) is 6.06. The molecule has 0 aromatic heterocycles. The number of aliphatic hydroxyl groups excluding tert-OH is 1. The van der Waals surface area contributed by atoms with Crippen LogP contribution in [0.25, 0.3) is 0 Å². The minimum Gasteiger partial charge on any atom is -1.00 e. The van der Waals surface area contributed by atoms with Gasteiger partial charge in [0.15, 0.2) is 0 Å². The highest BCUT2D eigenvalue weighted by Crippen LogP contribution is 2.15. The van der Waals surface area contributed by atoms with Crippen molar-refractivity contribution in [2.75, 3.05) is 46.5 Å². The van der Waals surface area contributed by atoms with Crippen molar-refractivity contribution in [2.45, 2.75) is 194 Å². The summed E-state index contributed by atoms with van der Waals surface area (Å²) in [6.45, 7) is 7.03. The van der Waals surface area contributed by atoms with E-state index in [1.807, 2.05) is 7.05 Å². The fourth-order valence-corrected chi connectivity index (χ4v) is 6.06. The number of hydrogen-bond donors (Lipinski definition) is 1. The molecule has 0 saturated heterocycles. The molecule has 0 rings (SSSR count). The molecule has 0 radical (unpaired) electrons. The number of carbonyl (C=O) groups excluding carboxylic acids is 2. The first-order valence-electron chi connectivity index (χ1n) is 19.7. The first kappa shape index (κ1) is 47.5. The second-order valence-electron chi connectivity index (χ2n) is 13.9. The van der Waals surface area contributed by atoms with Gasteiger partial charge < -0.3 is 36.0 Å². The van der Waals surface area contributed by atoms with E-state index in [-0.39, 0.29) is 35.5 Å². The van der Waals surface area contributed by atoms with Gasteiger partial charge in [0.1, 0.15) is 32.8 Å². The number of carbonyl (C=O) groups is 2. The van der Waals surface area contributed by atoms with Gasteiger partial charge in [0.2, 0.25) is 0 Å². The Morgan fingerprint density at radius 3 is 0.978 bits per heavy atom. The summed E-state index contributed by atoms with van der Waals surface area (Å²) in [4.78, 5) is 24.4. The van der Waals surface area contributed by atoms with E-state index in [9.17, 15) is 14.7 Å². The monoisotopic (exact) mass is 720 g/mol. The normalized spacial score (nSPS) is 11.4. The van der Waals surface area contributed by atoms with Gasteiger partial charge in [-0.25, -0.2) is 0 Å². The van der Waals surface area contributed by atoms with E-state index < -0.39 is 0 Å². The lowest BCUT2D eigenvalue weighted by Crippen LogP contribution is -3.00. The molecule has 1 N–H and O–H groups in total. The molecule has 0 aromatic rings. The zero-order valence-electron chi connectivity index (χ0n) is 30.9. The number of unbranched alkanes of at least 4 members (excludes halogenated alkanes) is 24. The lowest BCUT2D eigenvalue weighted by atomic mass is 10.0. The Morgan fingerprint density at radius 1 is 0.457 bits per heavy atom. The zero-order chi connectivity index (χ0) is 33.1. The van der Waals surface area contributed by atoms with Gasteiger partial charge in [0, 0.05) is 12.8 Å². The summed E-state index contributed by atoms with van der Waals surface area (Å²) in [7, 11) is 2.02. The topological polar surface area (TPSA) is 72.8 Å². The number of ether oxygens (including phenoxy) is 2. The maximum atomic E-state index is 12.2. The van der Waals surface area contributed by atoms with Crippen LogP contribution in [0, 0.1) is 0 Å². The highest BCUT2D eigenvalue weighted by molar-refractivity contribution is 5.69. The second-order valence-corrected chi connectivity index (χ2v) is 13.9. The summed E-state index contributed by atoms with van der Waals surface area (Å²) in [5, 5.41) is 9.56. The number of halogens is 1. The molecule has 0 spiro atoms. The van der Waals surface area contributed by atoms with Gasteiger partial charge >= 0.3 is 11.9 Å². The van der Waals surface area contributed by atoms with Crippen LogP contribution in [-0.2, 0) is 19.1 Å². The van der Waals surface area contributed by atoms with Crippen molar-refractivity contribution in [3.8, 4) is 0 Å². The minimum absolute atomic E-state index is 0. The summed E-state index contributed by atoms with van der Waals surface area (Å²) in [5.74, 6) is -0.254. The molecule has 0 bridgehead atoms. The van der Waals surface area contributed by atoms with Crippen molar-refractivity contribution < 1.29 is 45.6 Å². The predicted octanol–water partition coefficient (Wildman–Crippen LogP) is 7.48. The van der Waals surface area contributed by atoms with Crippen molar-refractivity contribution in [3.05, 3.63) is 0 Å². The van der Waals surface area contributed by atoms with E-state index in [1.165, 1.54) is 141 Å². The zero-order valence-corrected chi connectivity index (χ0v) is 32.5. The molecule has 0 aliphatic heterocycles. The Balaban J connectivity index is 0. The summed E-state index contributed by atoms with van der Waals surface area (Å²) in [6, 6.07) is 0. The minimum atomic E-state index is -0.127. The van der Waals surface area contributed by atoms with E-state index in [4.69, 9.17) is 9.47 Å². The van der Waals surface area contributed by atoms with Gasteiger partial charge in [-0.1, -0.05) is 168 Å². The number of aliphatic hydroxyl groups is 1. The van der Waals surface area contributed by atoms with Crippen LogP contribution < -0.4 is 17.0 Å². The van der Waals surface area contributed by atoms with Crippen LogP contribution in [0.1, 0.15) is 194 Å². The van der Waals surface area contributed by atoms with E-state index in [0.29, 0.717) is 50.2 Å². The van der Waals surface area contributed by atoms with Crippen LogP contribution in [0.4, 0.5) is 0 Å². The predicted molar refractivity (Wildman–Crippen MR) is 190 cm³/mol. The lowest BCUT2D eigenvalue weighted by Gasteiger charge is -2.33. The Labute approximate surface area is 296 Å².